The van der Waals surface area contributed by atoms with Crippen molar-refractivity contribution in [2.75, 3.05) is 5.32 Å². The molecule has 0 aliphatic carbocycles. The van der Waals surface area contributed by atoms with Crippen molar-refractivity contribution in [3.8, 4) is 0 Å². The van der Waals surface area contributed by atoms with Crippen molar-refractivity contribution in [1.82, 2.24) is 9.78 Å². The normalized spacial score (nSPS) is 12.4. The zero-order chi connectivity index (χ0) is 13.1. The van der Waals surface area contributed by atoms with Crippen molar-refractivity contribution in [1.29, 1.82) is 0 Å². The molecule has 1 N–H and O–H groups in total. The maximum atomic E-state index is 13.2. The average Bonchev–Trinajstić information content (AvgIpc) is 2.80. The summed E-state index contributed by atoms with van der Waals surface area (Å²) in [6.45, 7) is 4.92. The Labute approximate surface area is 114 Å². The van der Waals surface area contributed by atoms with Crippen molar-refractivity contribution < 1.29 is 4.39 Å². The molecule has 18 heavy (non-hydrogen) atoms. The van der Waals surface area contributed by atoms with Crippen molar-refractivity contribution in [2.24, 2.45) is 0 Å². The lowest BCUT2D eigenvalue weighted by Crippen LogP contribution is -2.06. The average molecular weight is 312 g/mol. The number of nitrogens with zero attached hydrogens (tertiary/aromatic N) is 2. The largest absolute Gasteiger partial charge is 0.376 e. The van der Waals surface area contributed by atoms with Gasteiger partial charge in [0.2, 0.25) is 0 Å². The van der Waals surface area contributed by atoms with Crippen LogP contribution in [0.15, 0.2) is 35.1 Å². The summed E-state index contributed by atoms with van der Waals surface area (Å²) >= 11 is 3.20. The number of nitrogens with one attached hydrogen (secondary N) is 1. The minimum Gasteiger partial charge on any atom is -0.376 e. The molecule has 0 saturated heterocycles. The third kappa shape index (κ3) is 2.90. The van der Waals surface area contributed by atoms with E-state index in [1.807, 2.05) is 24.7 Å². The van der Waals surface area contributed by atoms with E-state index in [4.69, 9.17) is 0 Å². The molecule has 1 aromatic carbocycles. The van der Waals surface area contributed by atoms with Gasteiger partial charge in [-0.15, -0.1) is 0 Å². The zero-order valence-electron chi connectivity index (χ0n) is 10.3. The third-order valence-electron chi connectivity index (χ3n) is 2.78. The smallest absolute Gasteiger partial charge is 0.137 e. The third-order valence-corrected chi connectivity index (χ3v) is 3.39. The molecule has 3 nitrogen and oxygen atoms in total. The van der Waals surface area contributed by atoms with Crippen LogP contribution in [-0.4, -0.2) is 9.78 Å². The molecule has 0 amide bonds. The Morgan fingerprint density at radius 3 is 2.89 bits per heavy atom. The molecule has 1 aromatic heterocycles. The molecule has 0 aliphatic rings. The molecule has 96 valence electrons. The summed E-state index contributed by atoms with van der Waals surface area (Å²) in [4.78, 5) is 0. The van der Waals surface area contributed by atoms with E-state index in [2.05, 4.69) is 26.3 Å². The summed E-state index contributed by atoms with van der Waals surface area (Å²) in [6, 6.07) is 5.13. The Hall–Kier alpha value is -1.36. The highest BCUT2D eigenvalue weighted by Crippen LogP contribution is 2.23. The van der Waals surface area contributed by atoms with E-state index >= 15 is 0 Å². The molecule has 2 aromatic rings. The number of aryl methyl sites for hydroxylation is 1. The molecule has 0 fully saturated rings. The first kappa shape index (κ1) is 13.1. The highest BCUT2D eigenvalue weighted by molar-refractivity contribution is 9.10. The van der Waals surface area contributed by atoms with Gasteiger partial charge in [-0.3, -0.25) is 4.68 Å². The van der Waals surface area contributed by atoms with Crippen LogP contribution in [0.5, 0.6) is 0 Å². The molecule has 0 aliphatic heterocycles. The van der Waals surface area contributed by atoms with Crippen LogP contribution in [0.3, 0.4) is 0 Å². The predicted octanol–water partition coefficient (Wildman–Crippen LogP) is 3.98. The molecule has 0 saturated carbocycles. The van der Waals surface area contributed by atoms with Crippen molar-refractivity contribution in [2.45, 2.75) is 26.4 Å². The number of aromatic nitrogens is 2. The predicted molar refractivity (Wildman–Crippen MR) is 74.0 cm³/mol. The molecule has 0 radical (unpaired) electrons. The van der Waals surface area contributed by atoms with Crippen molar-refractivity contribution in [3.05, 3.63) is 46.4 Å². The molecular weight excluding hydrogens is 297 g/mol. The van der Waals surface area contributed by atoms with E-state index in [0.29, 0.717) is 4.47 Å². The summed E-state index contributed by atoms with van der Waals surface area (Å²) < 4.78 is 15.5. The minimum absolute atomic E-state index is 0.0939. The van der Waals surface area contributed by atoms with Gasteiger partial charge >= 0.3 is 0 Å². The second-order valence-electron chi connectivity index (χ2n) is 4.12. The molecule has 2 rings (SSSR count). The highest BCUT2D eigenvalue weighted by atomic mass is 79.9. The summed E-state index contributed by atoms with van der Waals surface area (Å²) in [5.41, 5.74) is 1.98. The van der Waals surface area contributed by atoms with Gasteiger partial charge in [0.1, 0.15) is 5.82 Å². The van der Waals surface area contributed by atoms with E-state index < -0.39 is 0 Å². The van der Waals surface area contributed by atoms with Crippen molar-refractivity contribution in [3.63, 3.8) is 0 Å². The van der Waals surface area contributed by atoms with Gasteiger partial charge in [-0.2, -0.15) is 5.10 Å². The van der Waals surface area contributed by atoms with Crippen LogP contribution in [-0.2, 0) is 6.54 Å². The quantitative estimate of drug-likeness (QED) is 0.925. The summed E-state index contributed by atoms with van der Waals surface area (Å²) in [7, 11) is 0. The van der Waals surface area contributed by atoms with Crippen LogP contribution in [0.1, 0.15) is 25.5 Å². The number of hydrogen-bond acceptors (Lipinski definition) is 2. The van der Waals surface area contributed by atoms with E-state index in [-0.39, 0.29) is 11.9 Å². The molecule has 1 heterocycles. The lowest BCUT2D eigenvalue weighted by atomic mass is 10.1. The first-order valence-corrected chi connectivity index (χ1v) is 6.63. The molecule has 1 unspecified atom stereocenters. The second kappa shape index (κ2) is 5.52. The Bertz CT molecular complexity index is 539. The molecule has 1 atom stereocenters. The number of halogens is 2. The van der Waals surface area contributed by atoms with Crippen LogP contribution in [0.25, 0.3) is 0 Å². The van der Waals surface area contributed by atoms with Gasteiger partial charge in [0.15, 0.2) is 0 Å². The molecular formula is C13H15BrFN3. The van der Waals surface area contributed by atoms with Gasteiger partial charge in [-0.05, 0) is 47.5 Å². The van der Waals surface area contributed by atoms with Crippen LogP contribution in [0.4, 0.5) is 10.1 Å². The Kier molecular flexibility index (Phi) is 4.01. The number of hydrogen-bond donors (Lipinski definition) is 1. The highest BCUT2D eigenvalue weighted by Gasteiger charge is 2.09. The Balaban J connectivity index is 2.11. The fourth-order valence-electron chi connectivity index (χ4n) is 1.73. The molecule has 5 heteroatoms. The van der Waals surface area contributed by atoms with Crippen LogP contribution in [0.2, 0.25) is 0 Å². The fraction of sp³-hybridized carbons (Fsp3) is 0.308. The number of anilines is 1. The van der Waals surface area contributed by atoms with E-state index in [1.165, 1.54) is 6.07 Å². The van der Waals surface area contributed by atoms with Crippen LogP contribution in [0, 0.1) is 5.82 Å². The first-order valence-electron chi connectivity index (χ1n) is 5.84. The van der Waals surface area contributed by atoms with E-state index in [0.717, 1.165) is 17.8 Å². The van der Waals surface area contributed by atoms with Gasteiger partial charge in [0, 0.05) is 18.8 Å². The summed E-state index contributed by atoms with van der Waals surface area (Å²) in [6.07, 6.45) is 3.74. The standard InChI is InChI=1S/C13H15BrFN3/c1-3-18-8-11(7-16-18)17-9(2)10-4-5-13(15)12(14)6-10/h4-9,17H,3H2,1-2H3. The fourth-order valence-corrected chi connectivity index (χ4v) is 2.12. The van der Waals surface area contributed by atoms with Gasteiger partial charge in [0.25, 0.3) is 0 Å². The lowest BCUT2D eigenvalue weighted by Gasteiger charge is -2.14. The zero-order valence-corrected chi connectivity index (χ0v) is 11.9. The maximum absolute atomic E-state index is 13.2. The summed E-state index contributed by atoms with van der Waals surface area (Å²) in [5.74, 6) is -0.246. The van der Waals surface area contributed by atoms with Crippen molar-refractivity contribution >= 4 is 21.6 Å². The van der Waals surface area contributed by atoms with E-state index in [1.54, 1.807) is 18.3 Å². The monoisotopic (exact) mass is 311 g/mol. The second-order valence-corrected chi connectivity index (χ2v) is 4.98. The SMILES string of the molecule is CCn1cc(NC(C)c2ccc(F)c(Br)c2)cn1. The van der Waals surface area contributed by atoms with E-state index in [9.17, 15) is 4.39 Å². The lowest BCUT2D eigenvalue weighted by molar-refractivity contribution is 0.619. The van der Waals surface area contributed by atoms with Crippen LogP contribution < -0.4 is 5.32 Å². The molecule has 0 spiro atoms. The minimum atomic E-state index is -0.246. The van der Waals surface area contributed by atoms with Gasteiger partial charge in [-0.1, -0.05) is 6.07 Å². The van der Waals surface area contributed by atoms with Gasteiger partial charge in [-0.25, -0.2) is 4.39 Å². The number of benzene rings is 1. The van der Waals surface area contributed by atoms with Crippen LogP contribution >= 0.6 is 15.9 Å². The number of rotatable bonds is 4. The Morgan fingerprint density at radius 1 is 1.50 bits per heavy atom. The Morgan fingerprint density at radius 2 is 2.28 bits per heavy atom. The molecule has 0 bridgehead atoms. The maximum Gasteiger partial charge on any atom is 0.137 e. The van der Waals surface area contributed by atoms with Gasteiger partial charge < -0.3 is 5.32 Å². The van der Waals surface area contributed by atoms with Gasteiger partial charge in [0.05, 0.1) is 16.4 Å². The topological polar surface area (TPSA) is 29.9 Å². The first-order chi connectivity index (χ1) is 8.60. The summed E-state index contributed by atoms with van der Waals surface area (Å²) in [5, 5.41) is 7.53.